The minimum Gasteiger partial charge on any atom is -0.491 e. The quantitative estimate of drug-likeness (QED) is 0.0328. The monoisotopic (exact) mass is 1090 g/mol. The second kappa shape index (κ2) is 23.7. The summed E-state index contributed by atoms with van der Waals surface area (Å²) in [5, 5.41) is 17.3. The number of anilines is 1. The van der Waals surface area contributed by atoms with E-state index < -0.39 is 81.1 Å². The Labute approximate surface area is 443 Å². The molecule has 5 heterocycles. The minimum absolute atomic E-state index is 0.0165. The number of aromatic nitrogens is 3. The molecule has 76 heavy (non-hydrogen) atoms. The molecule has 0 unspecified atom stereocenters. The molecule has 2 aliphatic heterocycles. The Morgan fingerprint density at radius 3 is 2.34 bits per heavy atom. The highest BCUT2D eigenvalue weighted by Gasteiger charge is 2.43. The number of likely N-dealkylation sites (tertiary alicyclic amines) is 1. The molecule has 5 atom stereocenters. The van der Waals surface area contributed by atoms with E-state index >= 15 is 8.78 Å². The van der Waals surface area contributed by atoms with Crippen molar-refractivity contribution in [1.29, 1.82) is 0 Å². The van der Waals surface area contributed by atoms with Crippen LogP contribution in [-0.2, 0) is 29.3 Å². The number of benzene rings is 3. The zero-order valence-corrected chi connectivity index (χ0v) is 44.3. The van der Waals surface area contributed by atoms with E-state index in [-0.39, 0.29) is 81.1 Å². The molecular formula is C54H61F3N8O9S2. The summed E-state index contributed by atoms with van der Waals surface area (Å²) >= 11 is 1.59. The molecular weight excluding hydrogens is 1030 g/mol. The van der Waals surface area contributed by atoms with E-state index in [1.807, 2.05) is 57.0 Å². The minimum atomic E-state index is -4.38. The lowest BCUT2D eigenvalue weighted by molar-refractivity contribution is -0.141. The van der Waals surface area contributed by atoms with Crippen molar-refractivity contribution in [3.8, 4) is 27.3 Å². The molecule has 8 rings (SSSR count). The predicted octanol–water partition coefficient (Wildman–Crippen LogP) is 7.64. The third-order valence-electron chi connectivity index (χ3n) is 13.3. The highest BCUT2D eigenvalue weighted by molar-refractivity contribution is 7.90. The van der Waals surface area contributed by atoms with E-state index in [9.17, 15) is 32.3 Å². The Morgan fingerprint density at radius 1 is 0.947 bits per heavy atom. The van der Waals surface area contributed by atoms with Gasteiger partial charge in [0.05, 0.1) is 59.3 Å². The number of ether oxygens (including phenoxy) is 3. The first kappa shape index (κ1) is 55.5. The van der Waals surface area contributed by atoms with Gasteiger partial charge in [0.25, 0.3) is 0 Å². The number of amides is 2. The molecule has 0 aliphatic carbocycles. The summed E-state index contributed by atoms with van der Waals surface area (Å²) in [6.45, 7) is 13.8. The van der Waals surface area contributed by atoms with Crippen LogP contribution in [0.1, 0.15) is 73.8 Å². The van der Waals surface area contributed by atoms with E-state index in [1.165, 1.54) is 6.20 Å². The van der Waals surface area contributed by atoms with Gasteiger partial charge < -0.3 is 39.8 Å². The van der Waals surface area contributed by atoms with E-state index in [1.54, 1.807) is 52.8 Å². The molecule has 2 fully saturated rings. The van der Waals surface area contributed by atoms with Crippen molar-refractivity contribution in [1.82, 2.24) is 34.8 Å². The molecule has 0 radical (unpaired) electrons. The molecule has 17 nitrogen and oxygen atoms in total. The van der Waals surface area contributed by atoms with E-state index in [2.05, 4.69) is 44.3 Å². The first-order valence-corrected chi connectivity index (χ1v) is 27.0. The Bertz CT molecular complexity index is 3190. The molecule has 3 aromatic heterocycles. The Hall–Kier alpha value is -6.69. The maximum absolute atomic E-state index is 15.7. The standard InChI is InChI=1S/C54H61F3N8O9S2/c1-31(34-7-9-36(10-8-34)50-33(3)60-30-75-50)61-32(2)45-24-39(66)28-65(45)53(69)51(54(4,5)6)62-46(67)29-73-20-19-72-21-22-74-40-13-11-35(12-14-40)37-23-41-42(26-59-52(41)58-25-37)49(68)47-43(56)15-16-44(48(47)57)63-76(70,71)64-18-17-38(55)27-64/h7-16,23,25-26,30-31,38-39,45,51,61,63,66H,2,17-22,24,27-29H2,1,3-6H3,(H,58,59)(H,62,67)/t31-,38+,39+,45-,51+/m0/s1. The van der Waals surface area contributed by atoms with Crippen molar-refractivity contribution in [2.75, 3.05) is 57.4 Å². The van der Waals surface area contributed by atoms with Crippen molar-refractivity contribution >= 4 is 55.9 Å². The number of alkyl halides is 1. The number of pyridine rings is 1. The fourth-order valence-electron chi connectivity index (χ4n) is 9.14. The fourth-order valence-corrected chi connectivity index (χ4v) is 11.2. The number of hydrogen-bond acceptors (Lipinski definition) is 13. The normalized spacial score (nSPS) is 17.9. The topological polar surface area (TPSA) is 217 Å². The molecule has 22 heteroatoms. The largest absolute Gasteiger partial charge is 0.491 e. The summed E-state index contributed by atoms with van der Waals surface area (Å²) in [6.07, 6.45) is 0.981. The number of nitrogens with one attached hydrogen (secondary N) is 4. The number of aryl methyl sites for hydroxylation is 1. The van der Waals surface area contributed by atoms with Crippen LogP contribution in [0, 0.1) is 24.0 Å². The van der Waals surface area contributed by atoms with Crippen molar-refractivity contribution in [3.63, 3.8) is 0 Å². The van der Waals surface area contributed by atoms with Gasteiger partial charge in [-0.15, -0.1) is 11.3 Å². The number of aliphatic hydroxyl groups excluding tert-OH is 1. The van der Waals surface area contributed by atoms with Gasteiger partial charge in [0.15, 0.2) is 5.82 Å². The van der Waals surface area contributed by atoms with Gasteiger partial charge in [-0.1, -0.05) is 63.7 Å². The second-order valence-electron chi connectivity index (χ2n) is 19.9. The van der Waals surface area contributed by atoms with Crippen LogP contribution in [0.2, 0.25) is 0 Å². The third-order valence-corrected chi connectivity index (χ3v) is 15.7. The van der Waals surface area contributed by atoms with Gasteiger partial charge in [-0.25, -0.2) is 23.1 Å². The average Bonchev–Trinajstić information content (AvgIpc) is 4.22. The maximum atomic E-state index is 15.7. The van der Waals surface area contributed by atoms with Crippen LogP contribution < -0.4 is 20.1 Å². The Balaban J connectivity index is 0.772. The number of β-amino-alcohol motifs (C(OH)–C–C–N with tert-alkyl or cyclic N) is 1. The van der Waals surface area contributed by atoms with Gasteiger partial charge in [-0.2, -0.15) is 12.7 Å². The second-order valence-corrected chi connectivity index (χ2v) is 22.4. The SMILES string of the molecule is C=C(N[C@@H](C)c1ccc(-c2scnc2C)cc1)[C@@H]1C[C@@H](O)CN1C(=O)[C@@H](NC(=O)COCCOCCOc1ccc(-c2cnc3[nH]cc(C(=O)c4c(F)ccc(NS(=O)(=O)N5CC[C@@H](F)C5)c4F)c3c2)cc1)C(C)(C)C. The molecule has 5 N–H and O–H groups in total. The molecule has 0 spiro atoms. The molecule has 0 saturated carbocycles. The molecule has 6 aromatic rings. The molecule has 0 bridgehead atoms. The van der Waals surface area contributed by atoms with Crippen LogP contribution >= 0.6 is 11.3 Å². The first-order chi connectivity index (χ1) is 36.2. The number of rotatable bonds is 22. The number of H-pyrrole nitrogens is 1. The van der Waals surface area contributed by atoms with Gasteiger partial charge in [0, 0.05) is 66.7 Å². The van der Waals surface area contributed by atoms with Crippen LogP contribution in [0.4, 0.5) is 18.9 Å². The van der Waals surface area contributed by atoms with Gasteiger partial charge in [-0.3, -0.25) is 19.1 Å². The smallest absolute Gasteiger partial charge is 0.301 e. The summed E-state index contributed by atoms with van der Waals surface area (Å²) in [5.41, 5.74) is 4.63. The predicted molar refractivity (Wildman–Crippen MR) is 283 cm³/mol. The van der Waals surface area contributed by atoms with Crippen LogP contribution in [0.5, 0.6) is 5.75 Å². The number of fused-ring (bicyclic) bond motifs is 1. The van der Waals surface area contributed by atoms with Crippen LogP contribution in [0.3, 0.4) is 0 Å². The average molecular weight is 1090 g/mol. The fraction of sp³-hybridized carbons (Fsp3) is 0.389. The van der Waals surface area contributed by atoms with Crippen LogP contribution in [0.15, 0.2) is 96.9 Å². The maximum Gasteiger partial charge on any atom is 0.301 e. The number of aromatic amines is 1. The van der Waals surface area contributed by atoms with E-state index in [4.69, 9.17) is 14.2 Å². The summed E-state index contributed by atoms with van der Waals surface area (Å²) < 4.78 is 90.0. The number of halogens is 3. The Morgan fingerprint density at radius 2 is 1.66 bits per heavy atom. The van der Waals surface area contributed by atoms with Crippen LogP contribution in [-0.4, -0.2) is 132 Å². The van der Waals surface area contributed by atoms with E-state index in [0.717, 1.165) is 38.1 Å². The zero-order chi connectivity index (χ0) is 54.5. The van der Waals surface area contributed by atoms with Gasteiger partial charge >= 0.3 is 10.2 Å². The number of thiazole rings is 1. The number of hydrogen-bond donors (Lipinski definition) is 5. The summed E-state index contributed by atoms with van der Waals surface area (Å²) in [6, 6.07) is 16.9. The van der Waals surface area contributed by atoms with Crippen molar-refractivity contribution in [3.05, 3.63) is 131 Å². The number of nitrogens with zero attached hydrogens (tertiary/aromatic N) is 4. The molecule has 2 saturated heterocycles. The van der Waals surface area contributed by atoms with Crippen molar-refractivity contribution in [2.24, 2.45) is 5.41 Å². The zero-order valence-electron chi connectivity index (χ0n) is 42.7. The van der Waals surface area contributed by atoms with Crippen molar-refractivity contribution in [2.45, 2.75) is 77.9 Å². The summed E-state index contributed by atoms with van der Waals surface area (Å²) in [7, 11) is -4.38. The van der Waals surface area contributed by atoms with E-state index in [0.29, 0.717) is 29.0 Å². The summed E-state index contributed by atoms with van der Waals surface area (Å²) in [5.74, 6) is -3.96. The lowest BCUT2D eigenvalue weighted by Crippen LogP contribution is -2.57. The number of ketones is 1. The lowest BCUT2D eigenvalue weighted by Gasteiger charge is -2.36. The molecule has 2 amide bonds. The number of aliphatic hydroxyl groups is 1. The summed E-state index contributed by atoms with van der Waals surface area (Å²) in [4.78, 5) is 55.3. The number of carbonyl (C=O) groups is 3. The van der Waals surface area contributed by atoms with Gasteiger partial charge in [0.1, 0.15) is 42.6 Å². The molecule has 404 valence electrons. The van der Waals surface area contributed by atoms with Crippen LogP contribution in [0.25, 0.3) is 32.6 Å². The van der Waals surface area contributed by atoms with Crippen molar-refractivity contribution < 1.29 is 55.3 Å². The van der Waals surface area contributed by atoms with Gasteiger partial charge in [-0.05, 0) is 72.7 Å². The van der Waals surface area contributed by atoms with Gasteiger partial charge in [0.2, 0.25) is 17.6 Å². The highest BCUT2D eigenvalue weighted by Crippen LogP contribution is 2.34. The first-order valence-electron chi connectivity index (χ1n) is 24.7. The lowest BCUT2D eigenvalue weighted by atomic mass is 9.85. The molecule has 2 aliphatic rings. The Kier molecular flexibility index (Phi) is 17.3. The number of carbonyl (C=O) groups excluding carboxylic acids is 3. The third kappa shape index (κ3) is 12.9. The highest BCUT2D eigenvalue weighted by atomic mass is 32.2. The molecule has 3 aromatic carbocycles.